The number of hydrogen-bond donors (Lipinski definition) is 0. The van der Waals surface area contributed by atoms with Crippen molar-refractivity contribution in [2.45, 2.75) is 26.2 Å². The molecule has 1 unspecified atom stereocenters. The van der Waals surface area contributed by atoms with Crippen LogP contribution in [0.3, 0.4) is 0 Å². The number of fused-ring (bicyclic) bond motifs is 1. The smallest absolute Gasteiger partial charge is 0.226 e. The third-order valence-electron chi connectivity index (χ3n) is 3.65. The van der Waals surface area contributed by atoms with Gasteiger partial charge in [0.1, 0.15) is 6.54 Å². The SMILES string of the molecule is CCN(CC#N)C(=O)C1CCc2ccccc2C1. The molecule has 0 saturated heterocycles. The highest BCUT2D eigenvalue weighted by atomic mass is 16.2. The molecule has 0 fully saturated rings. The Morgan fingerprint density at radius 1 is 1.44 bits per heavy atom. The molecule has 0 spiro atoms. The zero-order valence-electron chi connectivity index (χ0n) is 10.7. The quantitative estimate of drug-likeness (QED) is 0.762. The summed E-state index contributed by atoms with van der Waals surface area (Å²) < 4.78 is 0. The molecule has 1 amide bonds. The molecule has 0 heterocycles. The van der Waals surface area contributed by atoms with Crippen LogP contribution in [0.1, 0.15) is 24.5 Å². The Labute approximate surface area is 108 Å². The molecule has 0 aliphatic heterocycles. The van der Waals surface area contributed by atoms with Crippen LogP contribution in [0.25, 0.3) is 0 Å². The molecule has 94 valence electrons. The summed E-state index contributed by atoms with van der Waals surface area (Å²) in [7, 11) is 0. The summed E-state index contributed by atoms with van der Waals surface area (Å²) in [4.78, 5) is 14.0. The zero-order chi connectivity index (χ0) is 13.0. The van der Waals surface area contributed by atoms with Crippen LogP contribution in [0.5, 0.6) is 0 Å². The van der Waals surface area contributed by atoms with Crippen molar-refractivity contribution in [3.8, 4) is 6.07 Å². The highest BCUT2D eigenvalue weighted by Gasteiger charge is 2.27. The van der Waals surface area contributed by atoms with Crippen LogP contribution in [0.2, 0.25) is 0 Å². The van der Waals surface area contributed by atoms with E-state index < -0.39 is 0 Å². The van der Waals surface area contributed by atoms with Crippen molar-refractivity contribution in [1.29, 1.82) is 5.26 Å². The van der Waals surface area contributed by atoms with Gasteiger partial charge in [0.05, 0.1) is 6.07 Å². The zero-order valence-corrected chi connectivity index (χ0v) is 10.7. The lowest BCUT2D eigenvalue weighted by molar-refractivity contribution is -0.135. The maximum Gasteiger partial charge on any atom is 0.226 e. The number of carbonyl (C=O) groups excluding carboxylic acids is 1. The fourth-order valence-electron chi connectivity index (χ4n) is 2.60. The lowest BCUT2D eigenvalue weighted by Gasteiger charge is -2.28. The lowest BCUT2D eigenvalue weighted by atomic mass is 9.83. The molecule has 1 atom stereocenters. The van der Waals surface area contributed by atoms with Crippen LogP contribution in [-0.4, -0.2) is 23.9 Å². The Morgan fingerprint density at radius 3 is 2.83 bits per heavy atom. The number of hydrogen-bond acceptors (Lipinski definition) is 2. The number of amides is 1. The van der Waals surface area contributed by atoms with Gasteiger partial charge in [-0.15, -0.1) is 0 Å². The first-order chi connectivity index (χ1) is 8.76. The summed E-state index contributed by atoms with van der Waals surface area (Å²) in [5.41, 5.74) is 2.65. The van der Waals surface area contributed by atoms with Gasteiger partial charge in [-0.3, -0.25) is 4.79 Å². The summed E-state index contributed by atoms with van der Waals surface area (Å²) in [5.74, 6) is 0.182. The van der Waals surface area contributed by atoms with Crippen molar-refractivity contribution in [3.63, 3.8) is 0 Å². The van der Waals surface area contributed by atoms with E-state index in [2.05, 4.69) is 24.3 Å². The average Bonchev–Trinajstić information content (AvgIpc) is 2.43. The van der Waals surface area contributed by atoms with Gasteiger partial charge in [-0.2, -0.15) is 5.26 Å². The van der Waals surface area contributed by atoms with Gasteiger partial charge in [-0.25, -0.2) is 0 Å². The second kappa shape index (κ2) is 5.68. The minimum atomic E-state index is 0.0493. The van der Waals surface area contributed by atoms with Gasteiger partial charge < -0.3 is 4.90 Å². The van der Waals surface area contributed by atoms with Crippen LogP contribution in [-0.2, 0) is 17.6 Å². The average molecular weight is 242 g/mol. The first-order valence-corrected chi connectivity index (χ1v) is 6.48. The van der Waals surface area contributed by atoms with E-state index in [1.54, 1.807) is 4.90 Å². The van der Waals surface area contributed by atoms with Crippen molar-refractivity contribution in [2.75, 3.05) is 13.1 Å². The van der Waals surface area contributed by atoms with E-state index in [1.807, 2.05) is 13.0 Å². The number of nitrogens with zero attached hydrogens (tertiary/aromatic N) is 2. The van der Waals surface area contributed by atoms with Crippen LogP contribution >= 0.6 is 0 Å². The normalized spacial score (nSPS) is 17.7. The Hall–Kier alpha value is -1.82. The maximum absolute atomic E-state index is 12.3. The van der Waals surface area contributed by atoms with Crippen molar-refractivity contribution in [3.05, 3.63) is 35.4 Å². The van der Waals surface area contributed by atoms with Gasteiger partial charge in [0.2, 0.25) is 5.91 Å². The Kier molecular flexibility index (Phi) is 3.99. The Morgan fingerprint density at radius 2 is 2.17 bits per heavy atom. The van der Waals surface area contributed by atoms with Gasteiger partial charge in [0.25, 0.3) is 0 Å². The second-order valence-corrected chi connectivity index (χ2v) is 4.72. The number of nitriles is 1. The van der Waals surface area contributed by atoms with Gasteiger partial charge in [-0.05, 0) is 37.3 Å². The van der Waals surface area contributed by atoms with E-state index >= 15 is 0 Å². The minimum absolute atomic E-state index is 0.0493. The molecule has 3 heteroatoms. The summed E-state index contributed by atoms with van der Waals surface area (Å²) in [6.07, 6.45) is 2.69. The van der Waals surface area contributed by atoms with Crippen LogP contribution in [0.4, 0.5) is 0 Å². The predicted molar refractivity (Wildman–Crippen MR) is 69.8 cm³/mol. The second-order valence-electron chi connectivity index (χ2n) is 4.72. The molecule has 3 nitrogen and oxygen atoms in total. The van der Waals surface area contributed by atoms with Crippen molar-refractivity contribution < 1.29 is 4.79 Å². The van der Waals surface area contributed by atoms with Crippen LogP contribution in [0, 0.1) is 17.2 Å². The predicted octanol–water partition coefficient (Wildman–Crippen LogP) is 2.16. The molecule has 0 saturated carbocycles. The minimum Gasteiger partial charge on any atom is -0.329 e. The molecule has 1 aromatic rings. The lowest BCUT2D eigenvalue weighted by Crippen LogP contribution is -2.38. The highest BCUT2D eigenvalue weighted by Crippen LogP contribution is 2.26. The molecule has 1 aliphatic carbocycles. The molecular formula is C15H18N2O. The third kappa shape index (κ3) is 2.53. The molecule has 1 aromatic carbocycles. The summed E-state index contributed by atoms with van der Waals surface area (Å²) >= 11 is 0. The summed E-state index contributed by atoms with van der Waals surface area (Å²) in [6, 6.07) is 10.4. The molecule has 2 rings (SSSR count). The fourth-order valence-corrected chi connectivity index (χ4v) is 2.60. The summed E-state index contributed by atoms with van der Waals surface area (Å²) in [5, 5.41) is 8.73. The summed E-state index contributed by atoms with van der Waals surface area (Å²) in [6.45, 7) is 2.74. The van der Waals surface area contributed by atoms with Crippen LogP contribution < -0.4 is 0 Å². The molecule has 1 aliphatic rings. The van der Waals surface area contributed by atoms with Crippen molar-refractivity contribution in [1.82, 2.24) is 4.90 Å². The number of aryl methyl sites for hydroxylation is 1. The molecular weight excluding hydrogens is 224 g/mol. The van der Waals surface area contributed by atoms with E-state index in [0.29, 0.717) is 6.54 Å². The van der Waals surface area contributed by atoms with Crippen molar-refractivity contribution >= 4 is 5.91 Å². The Balaban J connectivity index is 2.09. The first-order valence-electron chi connectivity index (χ1n) is 6.48. The number of carbonyl (C=O) groups is 1. The van der Waals surface area contributed by atoms with E-state index in [0.717, 1.165) is 19.3 Å². The number of benzene rings is 1. The topological polar surface area (TPSA) is 44.1 Å². The fraction of sp³-hybridized carbons (Fsp3) is 0.467. The molecule has 18 heavy (non-hydrogen) atoms. The molecule has 0 N–H and O–H groups in total. The maximum atomic E-state index is 12.3. The van der Waals surface area contributed by atoms with E-state index in [-0.39, 0.29) is 18.4 Å². The number of rotatable bonds is 3. The van der Waals surface area contributed by atoms with E-state index in [9.17, 15) is 4.79 Å². The van der Waals surface area contributed by atoms with Crippen molar-refractivity contribution in [2.24, 2.45) is 5.92 Å². The first kappa shape index (κ1) is 12.6. The van der Waals surface area contributed by atoms with Gasteiger partial charge >= 0.3 is 0 Å². The van der Waals surface area contributed by atoms with Gasteiger partial charge in [0.15, 0.2) is 0 Å². The largest absolute Gasteiger partial charge is 0.329 e. The molecule has 0 radical (unpaired) electrons. The molecule has 0 aromatic heterocycles. The van der Waals surface area contributed by atoms with Crippen LogP contribution in [0.15, 0.2) is 24.3 Å². The standard InChI is InChI=1S/C15H18N2O/c1-2-17(10-9-16)15(18)14-8-7-12-5-3-4-6-13(12)11-14/h3-6,14H,2,7-8,10-11H2,1H3. The van der Waals surface area contributed by atoms with E-state index in [1.165, 1.54) is 11.1 Å². The molecule has 0 bridgehead atoms. The highest BCUT2D eigenvalue weighted by molar-refractivity contribution is 5.79. The third-order valence-corrected chi connectivity index (χ3v) is 3.65. The van der Waals surface area contributed by atoms with E-state index in [4.69, 9.17) is 5.26 Å². The van der Waals surface area contributed by atoms with Gasteiger partial charge in [-0.1, -0.05) is 24.3 Å². The van der Waals surface area contributed by atoms with Gasteiger partial charge in [0, 0.05) is 12.5 Å². The Bertz CT molecular complexity index is 476. The monoisotopic (exact) mass is 242 g/mol.